The number of carboxylic acid groups (broad SMARTS) is 1. The zero-order valence-corrected chi connectivity index (χ0v) is 26.5. The largest absolute Gasteiger partial charge is 0.488 e. The summed E-state index contributed by atoms with van der Waals surface area (Å²) in [6, 6.07) is 4.74. The maximum Gasteiger partial charge on any atom is 0.329 e. The maximum atomic E-state index is 14.1. The molecule has 0 aromatic heterocycles. The Labute approximate surface area is 260 Å². The van der Waals surface area contributed by atoms with Gasteiger partial charge in [-0.05, 0) is 84.4 Å². The minimum atomic E-state index is -1.31. The van der Waals surface area contributed by atoms with Crippen molar-refractivity contribution in [2.75, 3.05) is 6.54 Å². The van der Waals surface area contributed by atoms with Gasteiger partial charge in [0.15, 0.2) is 0 Å². The van der Waals surface area contributed by atoms with Crippen LogP contribution >= 0.6 is 22.6 Å². The van der Waals surface area contributed by atoms with Crippen LogP contribution in [-0.4, -0.2) is 75.9 Å². The minimum Gasteiger partial charge on any atom is -0.488 e. The third kappa shape index (κ3) is 7.73. The zero-order valence-electron chi connectivity index (χ0n) is 24.4. The molecular weight excluding hydrogens is 655 g/mol. The third-order valence-corrected chi connectivity index (χ3v) is 9.20. The number of halogens is 1. The highest BCUT2D eigenvalue weighted by Crippen LogP contribution is 2.36. The number of likely N-dealkylation sites (tertiary alicyclic amines) is 1. The molecule has 12 heteroatoms. The number of carbonyl (C=O) groups excluding carboxylic acids is 4. The van der Waals surface area contributed by atoms with Crippen LogP contribution in [0.5, 0.6) is 5.75 Å². The zero-order chi connectivity index (χ0) is 30.6. The number of rotatable bonds is 11. The van der Waals surface area contributed by atoms with Gasteiger partial charge in [0.1, 0.15) is 35.5 Å². The molecule has 2 aliphatic carbocycles. The number of nitrogens with zero attached hydrogens (tertiary/aromatic N) is 1. The van der Waals surface area contributed by atoms with E-state index in [2.05, 4.69) is 38.5 Å². The average Bonchev–Trinajstić information content (AvgIpc) is 3.61. The summed E-state index contributed by atoms with van der Waals surface area (Å²) in [5.74, 6) is -2.57. The van der Waals surface area contributed by atoms with E-state index in [-0.39, 0.29) is 30.7 Å². The Morgan fingerprint density at radius 3 is 2.21 bits per heavy atom. The Morgan fingerprint density at radius 2 is 1.67 bits per heavy atom. The third-order valence-electron chi connectivity index (χ3n) is 8.48. The van der Waals surface area contributed by atoms with Gasteiger partial charge in [-0.25, -0.2) is 4.79 Å². The van der Waals surface area contributed by atoms with Crippen LogP contribution in [0.3, 0.4) is 0 Å². The highest BCUT2D eigenvalue weighted by atomic mass is 127. The van der Waals surface area contributed by atoms with Crippen LogP contribution in [0.4, 0.5) is 0 Å². The summed E-state index contributed by atoms with van der Waals surface area (Å²) >= 11 is 2.19. The molecular formula is C30H41IN4O7. The summed E-state index contributed by atoms with van der Waals surface area (Å²) in [7, 11) is 0. The van der Waals surface area contributed by atoms with Crippen molar-refractivity contribution < 1.29 is 33.8 Å². The van der Waals surface area contributed by atoms with Crippen molar-refractivity contribution in [1.82, 2.24) is 20.9 Å². The standard InChI is InChI=1S/C30H41IN4O7/c1-17(2)24(33-27(38)25(32-18(3)36)19-7-5-4-6-8-19)28(39)35-16-22(42-21-11-9-20(31)10-12-21)15-23(35)26(37)34-30(13-14-30)29(40)41/h9-12,17,19,22-25H,4-8,13-16H2,1-3H3,(H,32,36)(H,33,38)(H,34,37)(H,40,41)/t22-,23+,24+,25+/m1/s1. The summed E-state index contributed by atoms with van der Waals surface area (Å²) in [6.07, 6.45) is 4.99. The first-order chi connectivity index (χ1) is 19.9. The summed E-state index contributed by atoms with van der Waals surface area (Å²) in [4.78, 5) is 66.3. The Morgan fingerprint density at radius 1 is 1.02 bits per heavy atom. The lowest BCUT2D eigenvalue weighted by atomic mass is 9.83. The highest BCUT2D eigenvalue weighted by Gasteiger charge is 2.54. The lowest BCUT2D eigenvalue weighted by Crippen LogP contribution is -2.60. The van der Waals surface area contributed by atoms with E-state index in [0.717, 1.165) is 35.7 Å². The van der Waals surface area contributed by atoms with Crippen LogP contribution < -0.4 is 20.7 Å². The second kappa shape index (κ2) is 13.6. The fourth-order valence-electron chi connectivity index (χ4n) is 5.94. The lowest BCUT2D eigenvalue weighted by molar-refractivity contribution is -0.146. The van der Waals surface area contributed by atoms with Gasteiger partial charge in [-0.1, -0.05) is 33.1 Å². The molecule has 4 amide bonds. The quantitative estimate of drug-likeness (QED) is 0.260. The van der Waals surface area contributed by atoms with Gasteiger partial charge in [0, 0.05) is 16.9 Å². The first-order valence-electron chi connectivity index (χ1n) is 14.8. The van der Waals surface area contributed by atoms with E-state index in [0.29, 0.717) is 18.6 Å². The molecule has 0 radical (unpaired) electrons. The fraction of sp³-hybridized carbons (Fsp3) is 0.633. The maximum absolute atomic E-state index is 14.1. The van der Waals surface area contributed by atoms with Crippen molar-refractivity contribution in [3.05, 3.63) is 27.8 Å². The molecule has 3 fully saturated rings. The molecule has 4 N–H and O–H groups in total. The van der Waals surface area contributed by atoms with E-state index < -0.39 is 53.5 Å². The van der Waals surface area contributed by atoms with Crippen molar-refractivity contribution in [2.45, 2.75) is 102 Å². The highest BCUT2D eigenvalue weighted by molar-refractivity contribution is 14.1. The monoisotopic (exact) mass is 696 g/mol. The van der Waals surface area contributed by atoms with Gasteiger partial charge in [0.2, 0.25) is 23.6 Å². The molecule has 230 valence electrons. The van der Waals surface area contributed by atoms with Gasteiger partial charge < -0.3 is 30.7 Å². The Hall–Kier alpha value is -2.90. The molecule has 0 unspecified atom stereocenters. The van der Waals surface area contributed by atoms with E-state index in [4.69, 9.17) is 4.74 Å². The summed E-state index contributed by atoms with van der Waals surface area (Å²) in [6.45, 7) is 5.09. The number of ether oxygens (including phenoxy) is 1. The van der Waals surface area contributed by atoms with E-state index in [1.54, 1.807) is 0 Å². The molecule has 4 rings (SSSR count). The fourth-order valence-corrected chi connectivity index (χ4v) is 6.30. The summed E-state index contributed by atoms with van der Waals surface area (Å²) in [5.41, 5.74) is -1.31. The molecule has 2 saturated carbocycles. The summed E-state index contributed by atoms with van der Waals surface area (Å²) < 4.78 is 7.17. The van der Waals surface area contributed by atoms with Crippen LogP contribution in [-0.2, 0) is 24.0 Å². The normalized spacial score (nSPS) is 23.0. The first-order valence-corrected chi connectivity index (χ1v) is 15.8. The molecule has 3 aliphatic rings. The smallest absolute Gasteiger partial charge is 0.329 e. The SMILES string of the molecule is CC(=O)N[C@H](C(=O)N[C@H](C(=O)N1C[C@H](Oc2ccc(I)cc2)C[C@H]1C(=O)NC1(C(=O)O)CC1)C(C)C)C1CCCCC1. The van der Waals surface area contributed by atoms with Crippen molar-refractivity contribution >= 4 is 52.2 Å². The Kier molecular flexibility index (Phi) is 10.4. The van der Waals surface area contributed by atoms with Gasteiger partial charge in [0.05, 0.1) is 6.54 Å². The van der Waals surface area contributed by atoms with E-state index in [9.17, 15) is 29.1 Å². The number of benzene rings is 1. The van der Waals surface area contributed by atoms with Crippen molar-refractivity contribution in [1.29, 1.82) is 0 Å². The molecule has 42 heavy (non-hydrogen) atoms. The molecule has 0 bridgehead atoms. The van der Waals surface area contributed by atoms with E-state index in [1.807, 2.05) is 38.1 Å². The molecule has 1 heterocycles. The van der Waals surface area contributed by atoms with Gasteiger partial charge in [0.25, 0.3) is 0 Å². The predicted octanol–water partition coefficient (Wildman–Crippen LogP) is 2.60. The Balaban J connectivity index is 1.54. The van der Waals surface area contributed by atoms with Gasteiger partial charge in [-0.3, -0.25) is 19.2 Å². The number of hydrogen-bond acceptors (Lipinski definition) is 6. The van der Waals surface area contributed by atoms with Crippen LogP contribution in [0.25, 0.3) is 0 Å². The molecule has 1 aromatic carbocycles. The van der Waals surface area contributed by atoms with Crippen LogP contribution in [0, 0.1) is 15.4 Å². The number of nitrogens with one attached hydrogen (secondary N) is 3. The second-order valence-corrected chi connectivity index (χ2v) is 13.4. The van der Waals surface area contributed by atoms with Crippen LogP contribution in [0.2, 0.25) is 0 Å². The number of amides is 4. The van der Waals surface area contributed by atoms with Gasteiger partial charge in [-0.15, -0.1) is 0 Å². The molecule has 0 spiro atoms. The Bertz CT molecular complexity index is 1180. The number of carbonyl (C=O) groups is 5. The van der Waals surface area contributed by atoms with Gasteiger partial charge in [-0.2, -0.15) is 0 Å². The lowest BCUT2D eigenvalue weighted by Gasteiger charge is -2.34. The molecule has 1 aliphatic heterocycles. The molecule has 4 atom stereocenters. The topological polar surface area (TPSA) is 154 Å². The van der Waals surface area contributed by atoms with E-state index in [1.165, 1.54) is 11.8 Å². The number of carboxylic acids is 1. The summed E-state index contributed by atoms with van der Waals surface area (Å²) in [5, 5.41) is 18.0. The number of aliphatic carboxylic acids is 1. The van der Waals surface area contributed by atoms with Crippen LogP contribution in [0.15, 0.2) is 24.3 Å². The first kappa shape index (κ1) is 32.0. The van der Waals surface area contributed by atoms with Crippen molar-refractivity contribution in [2.24, 2.45) is 11.8 Å². The van der Waals surface area contributed by atoms with Crippen molar-refractivity contribution in [3.8, 4) is 5.75 Å². The van der Waals surface area contributed by atoms with E-state index >= 15 is 0 Å². The average molecular weight is 697 g/mol. The van der Waals surface area contributed by atoms with Gasteiger partial charge >= 0.3 is 5.97 Å². The number of hydrogen-bond donors (Lipinski definition) is 4. The minimum absolute atomic E-state index is 0.0201. The molecule has 1 aromatic rings. The second-order valence-electron chi connectivity index (χ2n) is 12.1. The molecule has 11 nitrogen and oxygen atoms in total. The van der Waals surface area contributed by atoms with Crippen LogP contribution in [0.1, 0.15) is 72.1 Å². The predicted molar refractivity (Wildman–Crippen MR) is 162 cm³/mol. The molecule has 1 saturated heterocycles. The van der Waals surface area contributed by atoms with Crippen molar-refractivity contribution in [3.63, 3.8) is 0 Å².